The molecule has 0 bridgehead atoms. The predicted molar refractivity (Wildman–Crippen MR) is 102 cm³/mol. The minimum absolute atomic E-state index is 0.146. The normalized spacial score (nSPS) is 16.2. The van der Waals surface area contributed by atoms with Crippen LogP contribution in [0.15, 0.2) is 16.6 Å². The lowest BCUT2D eigenvalue weighted by Gasteiger charge is -2.16. The van der Waals surface area contributed by atoms with Crippen LogP contribution in [0.5, 0.6) is 0 Å². The average Bonchev–Trinajstić information content (AvgIpc) is 2.59. The van der Waals surface area contributed by atoms with E-state index in [1.54, 1.807) is 19.5 Å². The molecule has 2 N–H and O–H groups in total. The fourth-order valence-corrected chi connectivity index (χ4v) is 3.51. The summed E-state index contributed by atoms with van der Waals surface area (Å²) in [7, 11) is -1.46. The van der Waals surface area contributed by atoms with Gasteiger partial charge in [0.25, 0.3) is 0 Å². The highest BCUT2D eigenvalue weighted by Crippen LogP contribution is 2.19. The largest absolute Gasteiger partial charge is 0.357 e. The molecule has 0 aromatic carbocycles. The molecule has 0 aliphatic heterocycles. The van der Waals surface area contributed by atoms with Gasteiger partial charge in [0.15, 0.2) is 5.96 Å². The maximum absolute atomic E-state index is 11.7. The van der Waals surface area contributed by atoms with E-state index in [1.165, 1.54) is 30.0 Å². The van der Waals surface area contributed by atoms with Crippen molar-refractivity contribution in [2.45, 2.75) is 52.4 Å². The molecule has 1 aliphatic carbocycles. The molecule has 0 fully saturated rings. The molecule has 7 heteroatoms. The molecular formula is C17H34N4O2S. The van der Waals surface area contributed by atoms with E-state index in [0.29, 0.717) is 13.1 Å². The number of nitrogens with one attached hydrogen (secondary N) is 2. The predicted octanol–water partition coefficient (Wildman–Crippen LogP) is 2.10. The molecule has 1 aliphatic rings. The molecular weight excluding hydrogens is 324 g/mol. The smallest absolute Gasteiger partial charge is 0.213 e. The lowest BCUT2D eigenvalue weighted by Crippen LogP contribution is -2.38. The van der Waals surface area contributed by atoms with Crippen molar-refractivity contribution >= 4 is 16.0 Å². The van der Waals surface area contributed by atoms with Crippen LogP contribution in [0.1, 0.15) is 52.4 Å². The van der Waals surface area contributed by atoms with E-state index < -0.39 is 10.0 Å². The first-order chi connectivity index (χ1) is 11.5. The quantitative estimate of drug-likeness (QED) is 0.271. The lowest BCUT2D eigenvalue weighted by atomic mass is 9.97. The zero-order chi connectivity index (χ0) is 17.8. The Morgan fingerprint density at radius 3 is 2.71 bits per heavy atom. The average molecular weight is 359 g/mol. The highest BCUT2D eigenvalue weighted by molar-refractivity contribution is 7.89. The van der Waals surface area contributed by atoms with Crippen LogP contribution in [0.3, 0.4) is 0 Å². The van der Waals surface area contributed by atoms with Gasteiger partial charge < -0.3 is 10.6 Å². The Morgan fingerprint density at radius 1 is 1.29 bits per heavy atom. The van der Waals surface area contributed by atoms with Gasteiger partial charge in [-0.3, -0.25) is 4.99 Å². The number of allylic oxidation sites excluding steroid dienone is 1. The third-order valence-corrected chi connectivity index (χ3v) is 6.07. The summed E-state index contributed by atoms with van der Waals surface area (Å²) in [6.45, 7) is 6.54. The molecule has 6 nitrogen and oxygen atoms in total. The zero-order valence-corrected chi connectivity index (χ0v) is 16.3. The number of rotatable bonds is 10. The zero-order valence-electron chi connectivity index (χ0n) is 15.5. The molecule has 0 spiro atoms. The van der Waals surface area contributed by atoms with E-state index >= 15 is 0 Å². The fraction of sp³-hybridized carbons (Fsp3) is 0.824. The molecule has 0 unspecified atom stereocenters. The second-order valence-electron chi connectivity index (χ2n) is 6.12. The number of aliphatic imine (C=N–C) groups is 1. The first kappa shape index (κ1) is 21.0. The van der Waals surface area contributed by atoms with Crippen molar-refractivity contribution in [3.05, 3.63) is 11.6 Å². The first-order valence-electron chi connectivity index (χ1n) is 9.13. The van der Waals surface area contributed by atoms with Crippen molar-refractivity contribution in [1.82, 2.24) is 14.9 Å². The van der Waals surface area contributed by atoms with Gasteiger partial charge in [0.1, 0.15) is 0 Å². The molecule has 0 aromatic rings. The molecule has 140 valence electrons. The number of nitrogens with zero attached hydrogens (tertiary/aromatic N) is 2. The van der Waals surface area contributed by atoms with Crippen molar-refractivity contribution in [2.24, 2.45) is 4.99 Å². The lowest BCUT2D eigenvalue weighted by molar-refractivity contribution is 0.465. The van der Waals surface area contributed by atoms with E-state index in [0.717, 1.165) is 31.9 Å². The standard InChI is InChI=1S/C17H34N4O2S/c1-4-18-17(20-14-12-16-10-7-6-8-11-16)19-13-9-15-21(3)24(22,23)5-2/h10H,4-9,11-15H2,1-3H3,(H2,18,19,20). The molecule has 0 saturated carbocycles. The van der Waals surface area contributed by atoms with Crippen LogP contribution < -0.4 is 10.6 Å². The third-order valence-electron chi connectivity index (χ3n) is 4.21. The van der Waals surface area contributed by atoms with E-state index in [1.807, 2.05) is 6.92 Å². The van der Waals surface area contributed by atoms with E-state index in [2.05, 4.69) is 21.7 Å². The summed E-state index contributed by atoms with van der Waals surface area (Å²) in [5.41, 5.74) is 1.55. The summed E-state index contributed by atoms with van der Waals surface area (Å²) in [6.07, 6.45) is 9.25. The maximum Gasteiger partial charge on any atom is 0.213 e. The minimum atomic E-state index is -3.09. The highest BCUT2D eigenvalue weighted by atomic mass is 32.2. The second-order valence-corrected chi connectivity index (χ2v) is 8.49. The molecule has 0 radical (unpaired) electrons. The molecule has 0 aromatic heterocycles. The van der Waals surface area contributed by atoms with Crippen LogP contribution in [-0.2, 0) is 10.0 Å². The maximum atomic E-state index is 11.7. The van der Waals surface area contributed by atoms with Crippen molar-refractivity contribution in [3.8, 4) is 0 Å². The van der Waals surface area contributed by atoms with Gasteiger partial charge in [-0.05, 0) is 52.4 Å². The second kappa shape index (κ2) is 11.5. The van der Waals surface area contributed by atoms with Crippen molar-refractivity contribution < 1.29 is 8.42 Å². The number of hydrogen-bond donors (Lipinski definition) is 2. The van der Waals surface area contributed by atoms with Gasteiger partial charge in [0.05, 0.1) is 5.75 Å². The summed E-state index contributed by atoms with van der Waals surface area (Å²) in [5, 5.41) is 6.60. The summed E-state index contributed by atoms with van der Waals surface area (Å²) in [6, 6.07) is 0. The van der Waals surface area contributed by atoms with Crippen LogP contribution in [0, 0.1) is 0 Å². The third kappa shape index (κ3) is 8.15. The monoisotopic (exact) mass is 358 g/mol. The Labute approximate surface area is 147 Å². The SMILES string of the molecule is CCNC(=NCCCN(C)S(=O)(=O)CC)NCCC1=CCCCC1. The summed E-state index contributed by atoms with van der Waals surface area (Å²) < 4.78 is 24.8. The Morgan fingerprint density at radius 2 is 2.08 bits per heavy atom. The van der Waals surface area contributed by atoms with Crippen LogP contribution in [-0.4, -0.2) is 57.7 Å². The molecule has 24 heavy (non-hydrogen) atoms. The Bertz CT molecular complexity index is 515. The van der Waals surface area contributed by atoms with Gasteiger partial charge in [-0.15, -0.1) is 0 Å². The van der Waals surface area contributed by atoms with Crippen molar-refractivity contribution in [3.63, 3.8) is 0 Å². The molecule has 0 saturated heterocycles. The van der Waals surface area contributed by atoms with Crippen LogP contribution in [0.2, 0.25) is 0 Å². The van der Waals surface area contributed by atoms with Gasteiger partial charge >= 0.3 is 0 Å². The number of guanidine groups is 1. The summed E-state index contributed by atoms with van der Waals surface area (Å²) in [4.78, 5) is 4.53. The van der Waals surface area contributed by atoms with Crippen LogP contribution in [0.25, 0.3) is 0 Å². The topological polar surface area (TPSA) is 73.8 Å². The van der Waals surface area contributed by atoms with Crippen molar-refractivity contribution in [1.29, 1.82) is 0 Å². The van der Waals surface area contributed by atoms with Gasteiger partial charge in [-0.1, -0.05) is 11.6 Å². The highest BCUT2D eigenvalue weighted by Gasteiger charge is 2.13. The number of sulfonamides is 1. The molecule has 0 amide bonds. The van der Waals surface area contributed by atoms with E-state index in [9.17, 15) is 8.42 Å². The minimum Gasteiger partial charge on any atom is -0.357 e. The Hall–Kier alpha value is -1.08. The molecule has 0 atom stereocenters. The summed E-state index contributed by atoms with van der Waals surface area (Å²) in [5.74, 6) is 0.960. The number of hydrogen-bond acceptors (Lipinski definition) is 3. The van der Waals surface area contributed by atoms with Gasteiger partial charge in [-0.25, -0.2) is 12.7 Å². The van der Waals surface area contributed by atoms with Crippen LogP contribution in [0.4, 0.5) is 0 Å². The Kier molecular flexibility index (Phi) is 10.0. The molecule has 1 rings (SSSR count). The van der Waals surface area contributed by atoms with Gasteiger partial charge in [-0.2, -0.15) is 0 Å². The first-order valence-corrected chi connectivity index (χ1v) is 10.7. The van der Waals surface area contributed by atoms with Gasteiger partial charge in [0, 0.05) is 33.2 Å². The van der Waals surface area contributed by atoms with Crippen LogP contribution >= 0.6 is 0 Å². The van der Waals surface area contributed by atoms with Gasteiger partial charge in [0.2, 0.25) is 10.0 Å². The van der Waals surface area contributed by atoms with E-state index in [4.69, 9.17) is 0 Å². The Balaban J connectivity index is 2.32. The molecule has 0 heterocycles. The van der Waals surface area contributed by atoms with E-state index in [-0.39, 0.29) is 5.75 Å². The fourth-order valence-electron chi connectivity index (χ4n) is 2.66. The van der Waals surface area contributed by atoms with Crippen molar-refractivity contribution in [2.75, 3.05) is 39.0 Å². The summed E-state index contributed by atoms with van der Waals surface area (Å²) >= 11 is 0.